The monoisotopic (exact) mass is 602 g/mol. The highest BCUT2D eigenvalue weighted by molar-refractivity contribution is 6.07. The number of ether oxygens (including phenoxy) is 3. The molecular formula is C38H50O6. The summed E-state index contributed by atoms with van der Waals surface area (Å²) in [5, 5.41) is 0. The highest BCUT2D eigenvalue weighted by Crippen LogP contribution is 2.47. The van der Waals surface area contributed by atoms with Gasteiger partial charge < -0.3 is 14.2 Å². The van der Waals surface area contributed by atoms with E-state index in [1.54, 1.807) is 78.0 Å². The van der Waals surface area contributed by atoms with Crippen molar-refractivity contribution in [3.05, 3.63) is 84.0 Å². The number of hydrogen-bond acceptors (Lipinski definition) is 6. The molecule has 0 amide bonds. The minimum Gasteiger partial charge on any atom is -0.493 e. The summed E-state index contributed by atoms with van der Waals surface area (Å²) in [4.78, 5) is 39.0. The Morgan fingerprint density at radius 2 is 1.20 bits per heavy atom. The molecule has 2 aromatic carbocycles. The van der Waals surface area contributed by atoms with E-state index in [-0.39, 0.29) is 11.8 Å². The highest BCUT2D eigenvalue weighted by atomic mass is 16.5. The van der Waals surface area contributed by atoms with Crippen LogP contribution in [0.3, 0.4) is 0 Å². The summed E-state index contributed by atoms with van der Waals surface area (Å²) >= 11 is 0. The van der Waals surface area contributed by atoms with E-state index in [1.807, 2.05) is 46.8 Å². The third kappa shape index (κ3) is 8.81. The average molecular weight is 603 g/mol. The van der Waals surface area contributed by atoms with Gasteiger partial charge in [0.15, 0.2) is 5.78 Å². The Morgan fingerprint density at radius 3 is 1.66 bits per heavy atom. The van der Waals surface area contributed by atoms with Gasteiger partial charge >= 0.3 is 11.9 Å². The highest BCUT2D eigenvalue weighted by Gasteiger charge is 2.34. The van der Waals surface area contributed by atoms with Gasteiger partial charge in [0.05, 0.1) is 23.0 Å². The molecule has 44 heavy (non-hydrogen) atoms. The second-order valence-electron chi connectivity index (χ2n) is 14.2. The van der Waals surface area contributed by atoms with Gasteiger partial charge in [-0.1, -0.05) is 46.8 Å². The standard InChI is InChI=1S/C38H50O6/c1-14-23-42-31-27(21-22-30(39)25-17-19-26(20-18-25)43-33(40)35(4,5)6)32(44-34(41)36(7,8)9)29(38(12,13)16-3)24-28(31)37(10,11)15-2/h15-22,24H,2-3,14,23H2,1,4-13H3. The largest absolute Gasteiger partial charge is 0.493 e. The van der Waals surface area contributed by atoms with Crippen LogP contribution in [0.2, 0.25) is 0 Å². The zero-order valence-corrected chi connectivity index (χ0v) is 28.5. The van der Waals surface area contributed by atoms with Crippen LogP contribution in [0.25, 0.3) is 6.08 Å². The van der Waals surface area contributed by atoms with Gasteiger partial charge in [0, 0.05) is 27.5 Å². The van der Waals surface area contributed by atoms with Gasteiger partial charge in [0.2, 0.25) is 0 Å². The van der Waals surface area contributed by atoms with Gasteiger partial charge in [0.25, 0.3) is 0 Å². The van der Waals surface area contributed by atoms with Crippen molar-refractivity contribution in [2.45, 2.75) is 93.4 Å². The Labute approximate surface area is 264 Å². The number of esters is 2. The van der Waals surface area contributed by atoms with Crippen molar-refractivity contribution >= 4 is 23.8 Å². The van der Waals surface area contributed by atoms with E-state index in [0.717, 1.165) is 17.5 Å². The van der Waals surface area contributed by atoms with Crippen molar-refractivity contribution in [2.75, 3.05) is 6.61 Å². The number of hydrogen-bond donors (Lipinski definition) is 0. The number of allylic oxidation sites excluding steroid dienone is 3. The van der Waals surface area contributed by atoms with Crippen molar-refractivity contribution in [3.8, 4) is 17.2 Å². The molecular weight excluding hydrogens is 552 g/mol. The molecule has 0 bridgehead atoms. The number of carbonyl (C=O) groups excluding carboxylic acids is 3. The fourth-order valence-electron chi connectivity index (χ4n) is 3.92. The van der Waals surface area contributed by atoms with Gasteiger partial charge in [-0.2, -0.15) is 0 Å². The fourth-order valence-corrected chi connectivity index (χ4v) is 3.92. The summed E-state index contributed by atoms with van der Waals surface area (Å²) in [7, 11) is 0. The topological polar surface area (TPSA) is 78.9 Å². The molecule has 6 heteroatoms. The van der Waals surface area contributed by atoms with Crippen LogP contribution >= 0.6 is 0 Å². The van der Waals surface area contributed by atoms with Gasteiger partial charge in [-0.25, -0.2) is 0 Å². The van der Waals surface area contributed by atoms with E-state index >= 15 is 0 Å². The molecule has 0 saturated heterocycles. The smallest absolute Gasteiger partial charge is 0.316 e. The van der Waals surface area contributed by atoms with E-state index in [4.69, 9.17) is 14.2 Å². The van der Waals surface area contributed by atoms with Crippen LogP contribution in [-0.4, -0.2) is 24.3 Å². The molecule has 0 heterocycles. The molecule has 2 aromatic rings. The SMILES string of the molecule is C=CC(C)(C)c1cc(C(C)(C)C=C)c(OC(=O)C(C)(C)C)c(C=CC(=O)c2ccc(OC(=O)C(C)(C)C)cc2)c1OCCC. The summed E-state index contributed by atoms with van der Waals surface area (Å²) in [5.41, 5.74) is -0.100. The molecule has 0 spiro atoms. The number of benzene rings is 2. The Kier molecular flexibility index (Phi) is 11.4. The van der Waals surface area contributed by atoms with E-state index in [1.165, 1.54) is 6.08 Å². The van der Waals surface area contributed by atoms with Crippen molar-refractivity contribution in [1.82, 2.24) is 0 Å². The first-order chi connectivity index (χ1) is 20.2. The number of ketones is 1. The molecule has 238 valence electrons. The first-order valence-electron chi connectivity index (χ1n) is 15.1. The van der Waals surface area contributed by atoms with E-state index in [9.17, 15) is 14.4 Å². The minimum absolute atomic E-state index is 0.286. The van der Waals surface area contributed by atoms with E-state index < -0.39 is 27.6 Å². The molecule has 2 rings (SSSR count). The lowest BCUT2D eigenvalue weighted by Gasteiger charge is -2.32. The quantitative estimate of drug-likeness (QED) is 0.0792. The van der Waals surface area contributed by atoms with Gasteiger partial charge in [-0.15, -0.1) is 13.2 Å². The molecule has 0 aliphatic rings. The maximum Gasteiger partial charge on any atom is 0.316 e. The zero-order chi connectivity index (χ0) is 33.7. The maximum absolute atomic E-state index is 13.4. The van der Waals surface area contributed by atoms with Crippen LogP contribution < -0.4 is 14.2 Å². The van der Waals surface area contributed by atoms with Crippen molar-refractivity contribution < 1.29 is 28.6 Å². The maximum atomic E-state index is 13.4. The third-order valence-corrected chi connectivity index (χ3v) is 7.30. The molecule has 0 N–H and O–H groups in total. The first kappa shape index (κ1) is 36.3. The van der Waals surface area contributed by atoms with Crippen LogP contribution in [0.4, 0.5) is 0 Å². The summed E-state index contributed by atoms with van der Waals surface area (Å²) in [6.45, 7) is 29.3. The summed E-state index contributed by atoms with van der Waals surface area (Å²) in [6.07, 6.45) is 7.49. The lowest BCUT2D eigenvalue weighted by Crippen LogP contribution is -2.28. The summed E-state index contributed by atoms with van der Waals surface area (Å²) in [6, 6.07) is 8.40. The minimum atomic E-state index is -0.784. The molecule has 0 atom stereocenters. The second kappa shape index (κ2) is 13.8. The van der Waals surface area contributed by atoms with Crippen molar-refractivity contribution in [3.63, 3.8) is 0 Å². The van der Waals surface area contributed by atoms with Crippen LogP contribution in [0.15, 0.2) is 61.7 Å². The predicted molar refractivity (Wildman–Crippen MR) is 179 cm³/mol. The molecule has 0 aromatic heterocycles. The summed E-state index contributed by atoms with van der Waals surface area (Å²) < 4.78 is 18.0. The molecule has 0 saturated carbocycles. The van der Waals surface area contributed by atoms with Crippen LogP contribution in [-0.2, 0) is 20.4 Å². The van der Waals surface area contributed by atoms with Crippen LogP contribution in [0.5, 0.6) is 17.2 Å². The lowest BCUT2D eigenvalue weighted by molar-refractivity contribution is -0.143. The average Bonchev–Trinajstić information content (AvgIpc) is 2.94. The molecule has 0 fully saturated rings. The normalized spacial score (nSPS) is 12.5. The number of rotatable bonds is 12. The number of carbonyl (C=O) groups is 3. The summed E-state index contributed by atoms with van der Waals surface area (Å²) in [5.74, 6) is 0.119. The molecule has 0 radical (unpaired) electrons. The molecule has 6 nitrogen and oxygen atoms in total. The Bertz CT molecular complexity index is 1420. The van der Waals surface area contributed by atoms with Gasteiger partial charge in [0.1, 0.15) is 17.2 Å². The molecule has 0 aliphatic carbocycles. The molecule has 0 unspecified atom stereocenters. The van der Waals surface area contributed by atoms with Gasteiger partial charge in [-0.05, 0) is 90.4 Å². The first-order valence-corrected chi connectivity index (χ1v) is 15.1. The van der Waals surface area contributed by atoms with Crippen molar-refractivity contribution in [1.29, 1.82) is 0 Å². The molecule has 0 aliphatic heterocycles. The Balaban J connectivity index is 2.82. The lowest BCUT2D eigenvalue weighted by atomic mass is 9.76. The third-order valence-electron chi connectivity index (χ3n) is 7.30. The van der Waals surface area contributed by atoms with Crippen LogP contribution in [0, 0.1) is 10.8 Å². The zero-order valence-electron chi connectivity index (χ0n) is 28.5. The predicted octanol–water partition coefficient (Wildman–Crippen LogP) is 9.20. The Hall–Kier alpha value is -3.93. The van der Waals surface area contributed by atoms with Crippen molar-refractivity contribution in [2.24, 2.45) is 10.8 Å². The van der Waals surface area contributed by atoms with E-state index in [0.29, 0.717) is 35.0 Å². The van der Waals surface area contributed by atoms with E-state index in [2.05, 4.69) is 13.2 Å². The van der Waals surface area contributed by atoms with Gasteiger partial charge in [-0.3, -0.25) is 14.4 Å². The fraction of sp³-hybridized carbons (Fsp3) is 0.447. The second-order valence-corrected chi connectivity index (χ2v) is 14.2. The van der Waals surface area contributed by atoms with Crippen LogP contribution in [0.1, 0.15) is 110 Å². The Morgan fingerprint density at radius 1 is 0.727 bits per heavy atom.